The number of ether oxygens (including phenoxy) is 2. The molecule has 116 valence electrons. The highest BCUT2D eigenvalue weighted by atomic mass is 16.7. The molecule has 2 aromatic rings. The Labute approximate surface area is 131 Å². The van der Waals surface area contributed by atoms with Gasteiger partial charge in [0.05, 0.1) is 13.2 Å². The van der Waals surface area contributed by atoms with Crippen molar-refractivity contribution in [3.63, 3.8) is 0 Å². The molecule has 3 nitrogen and oxygen atoms in total. The fourth-order valence-corrected chi connectivity index (χ4v) is 4.14. The third-order valence-corrected chi connectivity index (χ3v) is 5.46. The summed E-state index contributed by atoms with van der Waals surface area (Å²) in [6.07, 6.45) is 3.99. The summed E-state index contributed by atoms with van der Waals surface area (Å²) in [5, 5.41) is 6.28. The maximum Gasteiger partial charge on any atom is 0.168 e. The first kappa shape index (κ1) is 14.2. The highest BCUT2D eigenvalue weighted by Crippen LogP contribution is 2.46. The summed E-state index contributed by atoms with van der Waals surface area (Å²) in [5.41, 5.74) is 1.42. The highest BCUT2D eigenvalue weighted by molar-refractivity contribution is 5.86. The second kappa shape index (κ2) is 5.34. The number of fused-ring (bicyclic) bond motifs is 1. The fraction of sp³-hybridized carbons (Fsp3) is 0.474. The molecule has 22 heavy (non-hydrogen) atoms. The molecule has 1 aliphatic heterocycles. The molecule has 0 amide bonds. The Morgan fingerprint density at radius 3 is 2.27 bits per heavy atom. The second-order valence-electron chi connectivity index (χ2n) is 6.47. The van der Waals surface area contributed by atoms with Crippen molar-refractivity contribution in [1.82, 2.24) is 5.32 Å². The molecule has 0 aromatic heterocycles. The van der Waals surface area contributed by atoms with E-state index in [-0.39, 0.29) is 11.3 Å². The van der Waals surface area contributed by atoms with Gasteiger partial charge in [0.15, 0.2) is 5.79 Å². The van der Waals surface area contributed by atoms with Gasteiger partial charge in [-0.2, -0.15) is 0 Å². The maximum atomic E-state index is 5.89. The lowest BCUT2D eigenvalue weighted by molar-refractivity contribution is -0.186. The minimum Gasteiger partial charge on any atom is -0.348 e. The van der Waals surface area contributed by atoms with Gasteiger partial charge >= 0.3 is 0 Å². The van der Waals surface area contributed by atoms with E-state index in [1.165, 1.54) is 16.3 Å². The van der Waals surface area contributed by atoms with Crippen LogP contribution >= 0.6 is 0 Å². The van der Waals surface area contributed by atoms with Gasteiger partial charge in [-0.3, -0.25) is 0 Å². The zero-order valence-electron chi connectivity index (χ0n) is 13.1. The molecule has 0 atom stereocenters. The average molecular weight is 297 g/mol. The Morgan fingerprint density at radius 1 is 0.864 bits per heavy atom. The number of nitrogens with one attached hydrogen (secondary N) is 1. The summed E-state index contributed by atoms with van der Waals surface area (Å²) < 4.78 is 11.8. The first-order chi connectivity index (χ1) is 10.8. The van der Waals surface area contributed by atoms with Crippen molar-refractivity contribution in [1.29, 1.82) is 0 Å². The van der Waals surface area contributed by atoms with E-state index in [1.54, 1.807) is 0 Å². The molecule has 1 saturated heterocycles. The van der Waals surface area contributed by atoms with Gasteiger partial charge in [-0.25, -0.2) is 0 Å². The Balaban J connectivity index is 1.72. The molecule has 2 fully saturated rings. The van der Waals surface area contributed by atoms with Crippen LogP contribution in [0, 0.1) is 0 Å². The highest BCUT2D eigenvalue weighted by Gasteiger charge is 2.46. The van der Waals surface area contributed by atoms with E-state index in [4.69, 9.17) is 9.47 Å². The van der Waals surface area contributed by atoms with Crippen LogP contribution in [0.15, 0.2) is 42.5 Å². The summed E-state index contributed by atoms with van der Waals surface area (Å²) >= 11 is 0. The number of hydrogen-bond acceptors (Lipinski definition) is 3. The standard InChI is InChI=1S/C19H23NO2/c1-20-18(9-11-19(12-10-18)21-13-14-22-19)17-8-4-6-15-5-2-3-7-16(15)17/h2-8,20H,9-14H2,1H3. The first-order valence-electron chi connectivity index (χ1n) is 8.22. The van der Waals surface area contributed by atoms with E-state index in [0.29, 0.717) is 0 Å². The molecule has 1 N–H and O–H groups in total. The zero-order chi connectivity index (χ0) is 15.0. The maximum absolute atomic E-state index is 5.89. The summed E-state index contributed by atoms with van der Waals surface area (Å²) in [5.74, 6) is -0.315. The van der Waals surface area contributed by atoms with E-state index in [1.807, 2.05) is 0 Å². The van der Waals surface area contributed by atoms with Crippen LogP contribution in [0.3, 0.4) is 0 Å². The van der Waals surface area contributed by atoms with Crippen LogP contribution in [0.5, 0.6) is 0 Å². The van der Waals surface area contributed by atoms with Crippen molar-refractivity contribution in [2.24, 2.45) is 0 Å². The lowest BCUT2D eigenvalue weighted by Gasteiger charge is -2.44. The van der Waals surface area contributed by atoms with Crippen LogP contribution < -0.4 is 5.32 Å². The van der Waals surface area contributed by atoms with Crippen LogP contribution in [-0.2, 0) is 15.0 Å². The van der Waals surface area contributed by atoms with E-state index in [2.05, 4.69) is 54.8 Å². The monoisotopic (exact) mass is 297 g/mol. The van der Waals surface area contributed by atoms with Gasteiger partial charge in [0.25, 0.3) is 0 Å². The third-order valence-electron chi connectivity index (χ3n) is 5.46. The predicted octanol–water partition coefficient (Wildman–Crippen LogP) is 3.57. The molecule has 1 aliphatic carbocycles. The lowest BCUT2D eigenvalue weighted by atomic mass is 9.73. The normalized spacial score (nSPS) is 23.1. The van der Waals surface area contributed by atoms with Crippen LogP contribution in [-0.4, -0.2) is 26.0 Å². The van der Waals surface area contributed by atoms with Crippen LogP contribution in [0.4, 0.5) is 0 Å². The summed E-state index contributed by atoms with van der Waals surface area (Å²) in [4.78, 5) is 0. The van der Waals surface area contributed by atoms with Gasteiger partial charge in [-0.05, 0) is 36.2 Å². The minimum atomic E-state index is -0.315. The molecule has 2 aliphatic rings. The van der Waals surface area contributed by atoms with Crippen molar-refractivity contribution in [3.05, 3.63) is 48.0 Å². The molecular weight excluding hydrogens is 274 g/mol. The summed E-state index contributed by atoms with van der Waals surface area (Å²) in [7, 11) is 2.08. The van der Waals surface area contributed by atoms with E-state index < -0.39 is 0 Å². The van der Waals surface area contributed by atoms with E-state index in [9.17, 15) is 0 Å². The Kier molecular flexibility index (Phi) is 3.44. The van der Waals surface area contributed by atoms with Crippen molar-refractivity contribution in [3.8, 4) is 0 Å². The van der Waals surface area contributed by atoms with Crippen molar-refractivity contribution in [2.75, 3.05) is 20.3 Å². The van der Waals surface area contributed by atoms with Gasteiger partial charge < -0.3 is 14.8 Å². The molecule has 0 bridgehead atoms. The molecule has 4 rings (SSSR count). The van der Waals surface area contributed by atoms with Gasteiger partial charge in [0.1, 0.15) is 0 Å². The Hall–Kier alpha value is -1.42. The van der Waals surface area contributed by atoms with Gasteiger partial charge in [0.2, 0.25) is 0 Å². The van der Waals surface area contributed by atoms with E-state index >= 15 is 0 Å². The molecule has 1 spiro atoms. The van der Waals surface area contributed by atoms with Crippen LogP contribution in [0.2, 0.25) is 0 Å². The minimum absolute atomic E-state index is 0.0153. The van der Waals surface area contributed by atoms with Crippen LogP contribution in [0.25, 0.3) is 10.8 Å². The van der Waals surface area contributed by atoms with Gasteiger partial charge in [0, 0.05) is 18.4 Å². The SMILES string of the molecule is CNC1(c2cccc3ccccc23)CCC2(CC1)OCCO2. The Bertz CT molecular complexity index is 661. The largest absolute Gasteiger partial charge is 0.348 e. The number of rotatable bonds is 2. The van der Waals surface area contributed by atoms with Crippen molar-refractivity contribution >= 4 is 10.8 Å². The molecule has 2 aromatic carbocycles. The molecule has 0 radical (unpaired) electrons. The molecule has 3 heteroatoms. The number of hydrogen-bond donors (Lipinski definition) is 1. The third kappa shape index (κ3) is 2.16. The molecule has 1 heterocycles. The molecule has 1 saturated carbocycles. The first-order valence-corrected chi connectivity index (χ1v) is 8.22. The Morgan fingerprint density at radius 2 is 1.55 bits per heavy atom. The summed E-state index contributed by atoms with van der Waals surface area (Å²) in [6, 6.07) is 15.3. The predicted molar refractivity (Wildman–Crippen MR) is 87.8 cm³/mol. The van der Waals surface area contributed by atoms with Crippen molar-refractivity contribution < 1.29 is 9.47 Å². The number of benzene rings is 2. The quantitative estimate of drug-likeness (QED) is 0.919. The topological polar surface area (TPSA) is 30.5 Å². The zero-order valence-corrected chi connectivity index (χ0v) is 13.1. The smallest absolute Gasteiger partial charge is 0.168 e. The van der Waals surface area contributed by atoms with E-state index in [0.717, 1.165) is 38.9 Å². The second-order valence-corrected chi connectivity index (χ2v) is 6.47. The summed E-state index contributed by atoms with van der Waals surface area (Å²) in [6.45, 7) is 1.47. The fourth-order valence-electron chi connectivity index (χ4n) is 4.14. The van der Waals surface area contributed by atoms with Gasteiger partial charge in [-0.15, -0.1) is 0 Å². The van der Waals surface area contributed by atoms with Gasteiger partial charge in [-0.1, -0.05) is 42.5 Å². The average Bonchev–Trinajstić information content (AvgIpc) is 3.04. The van der Waals surface area contributed by atoms with Crippen LogP contribution in [0.1, 0.15) is 31.2 Å². The molecule has 0 unspecified atom stereocenters. The lowest BCUT2D eigenvalue weighted by Crippen LogP contribution is -2.48. The van der Waals surface area contributed by atoms with Crippen molar-refractivity contribution in [2.45, 2.75) is 37.0 Å². The molecular formula is C19H23NO2.